The van der Waals surface area contributed by atoms with Gasteiger partial charge in [-0.3, -0.25) is 9.69 Å². The van der Waals surface area contributed by atoms with Crippen molar-refractivity contribution < 1.29 is 4.79 Å². The van der Waals surface area contributed by atoms with Crippen molar-refractivity contribution in [2.45, 2.75) is 25.3 Å². The van der Waals surface area contributed by atoms with E-state index in [-0.39, 0.29) is 11.8 Å². The molecule has 0 spiro atoms. The monoisotopic (exact) mass is 205 g/mol. The summed E-state index contributed by atoms with van der Waals surface area (Å²) >= 11 is 0. The molecule has 0 saturated heterocycles. The summed E-state index contributed by atoms with van der Waals surface area (Å²) in [6.07, 6.45) is 2.38. The Balaban J connectivity index is 2.52. The van der Waals surface area contributed by atoms with Gasteiger partial charge >= 0.3 is 0 Å². The number of rotatable bonds is 0. The standard InChI is InChI=1S/C11H15N3O/c1-7-6-9(12)11(15)14(2)10-8(7)4-3-5-13-10/h3-5,7,9H,6,12H2,1-2H3/t7?,9-/m0/s1. The SMILES string of the molecule is CC1C[C@H](N)C(=O)N(C)c2ncccc21. The zero-order valence-corrected chi connectivity index (χ0v) is 8.97. The molecule has 2 N–H and O–H groups in total. The van der Waals surface area contributed by atoms with E-state index in [1.54, 1.807) is 18.1 Å². The summed E-state index contributed by atoms with van der Waals surface area (Å²) in [5, 5.41) is 0. The molecule has 0 bridgehead atoms. The molecule has 0 aromatic carbocycles. The summed E-state index contributed by atoms with van der Waals surface area (Å²) in [6.45, 7) is 2.08. The maximum atomic E-state index is 11.8. The lowest BCUT2D eigenvalue weighted by molar-refractivity contribution is -0.119. The Hall–Kier alpha value is -1.42. The van der Waals surface area contributed by atoms with E-state index >= 15 is 0 Å². The van der Waals surface area contributed by atoms with Gasteiger partial charge < -0.3 is 5.73 Å². The van der Waals surface area contributed by atoms with Gasteiger partial charge in [-0.05, 0) is 24.0 Å². The molecule has 0 radical (unpaired) electrons. The van der Waals surface area contributed by atoms with Gasteiger partial charge in [0, 0.05) is 13.2 Å². The van der Waals surface area contributed by atoms with E-state index in [1.807, 2.05) is 12.1 Å². The molecule has 4 nitrogen and oxygen atoms in total. The van der Waals surface area contributed by atoms with Crippen LogP contribution in [0, 0.1) is 0 Å². The van der Waals surface area contributed by atoms with Crippen molar-refractivity contribution in [3.05, 3.63) is 23.9 Å². The van der Waals surface area contributed by atoms with Gasteiger partial charge in [0.2, 0.25) is 5.91 Å². The van der Waals surface area contributed by atoms with Crippen LogP contribution in [0.4, 0.5) is 5.82 Å². The minimum atomic E-state index is -0.417. The van der Waals surface area contributed by atoms with Crippen LogP contribution >= 0.6 is 0 Å². The predicted molar refractivity (Wildman–Crippen MR) is 58.7 cm³/mol. The number of likely N-dealkylation sites (N-methyl/N-ethyl adjacent to an activating group) is 1. The van der Waals surface area contributed by atoms with Gasteiger partial charge in [-0.1, -0.05) is 13.0 Å². The fraction of sp³-hybridized carbons (Fsp3) is 0.455. The maximum Gasteiger partial charge on any atom is 0.244 e. The Bertz CT molecular complexity index is 391. The molecule has 4 heteroatoms. The number of pyridine rings is 1. The molecule has 2 atom stereocenters. The lowest BCUT2D eigenvalue weighted by Crippen LogP contribution is -2.41. The molecule has 0 aliphatic carbocycles. The summed E-state index contributed by atoms with van der Waals surface area (Å²) in [4.78, 5) is 17.6. The lowest BCUT2D eigenvalue weighted by Gasteiger charge is -2.17. The van der Waals surface area contributed by atoms with E-state index in [1.165, 1.54) is 0 Å². The van der Waals surface area contributed by atoms with Gasteiger partial charge in [0.15, 0.2) is 0 Å². The zero-order valence-electron chi connectivity index (χ0n) is 8.97. The van der Waals surface area contributed by atoms with Crippen LogP contribution in [0.3, 0.4) is 0 Å². The number of amides is 1. The average molecular weight is 205 g/mol. The van der Waals surface area contributed by atoms with Crippen molar-refractivity contribution in [2.75, 3.05) is 11.9 Å². The molecule has 1 unspecified atom stereocenters. The first-order valence-electron chi connectivity index (χ1n) is 5.09. The predicted octanol–water partition coefficient (Wildman–Crippen LogP) is 0.879. The molecule has 1 aromatic rings. The van der Waals surface area contributed by atoms with Gasteiger partial charge in [-0.2, -0.15) is 0 Å². The topological polar surface area (TPSA) is 59.2 Å². The molecule has 15 heavy (non-hydrogen) atoms. The molecular weight excluding hydrogens is 190 g/mol. The van der Waals surface area contributed by atoms with E-state index < -0.39 is 6.04 Å². The first kappa shape index (κ1) is 10.1. The molecule has 1 amide bonds. The number of fused-ring (bicyclic) bond motifs is 1. The van der Waals surface area contributed by atoms with Crippen LogP contribution in [0.25, 0.3) is 0 Å². The minimum absolute atomic E-state index is 0.0562. The number of nitrogens with zero attached hydrogens (tertiary/aromatic N) is 2. The van der Waals surface area contributed by atoms with Crippen molar-refractivity contribution in [2.24, 2.45) is 5.73 Å². The molecule has 2 heterocycles. The van der Waals surface area contributed by atoms with E-state index in [0.29, 0.717) is 6.42 Å². The lowest BCUT2D eigenvalue weighted by atomic mass is 9.96. The molecule has 0 saturated carbocycles. The van der Waals surface area contributed by atoms with Crippen molar-refractivity contribution in [3.8, 4) is 0 Å². The van der Waals surface area contributed by atoms with Crippen LogP contribution in [-0.2, 0) is 4.79 Å². The fourth-order valence-electron chi connectivity index (χ4n) is 2.04. The van der Waals surface area contributed by atoms with Crippen molar-refractivity contribution >= 4 is 11.7 Å². The highest BCUT2D eigenvalue weighted by Gasteiger charge is 2.29. The summed E-state index contributed by atoms with van der Waals surface area (Å²) < 4.78 is 0. The second-order valence-corrected chi connectivity index (χ2v) is 4.06. The summed E-state index contributed by atoms with van der Waals surface area (Å²) in [5.74, 6) is 0.958. The van der Waals surface area contributed by atoms with Crippen molar-refractivity contribution in [1.29, 1.82) is 0 Å². The Labute approximate surface area is 89.1 Å². The van der Waals surface area contributed by atoms with Gasteiger partial charge in [-0.25, -0.2) is 4.98 Å². The van der Waals surface area contributed by atoms with E-state index in [9.17, 15) is 4.79 Å². The van der Waals surface area contributed by atoms with Crippen LogP contribution < -0.4 is 10.6 Å². The largest absolute Gasteiger partial charge is 0.320 e. The quantitative estimate of drug-likeness (QED) is 0.684. The van der Waals surface area contributed by atoms with Crippen LogP contribution in [0.2, 0.25) is 0 Å². The molecule has 1 aromatic heterocycles. The third kappa shape index (κ3) is 1.61. The molecule has 2 rings (SSSR count). The summed E-state index contributed by atoms with van der Waals surface area (Å²) in [6, 6.07) is 3.48. The molecule has 0 fully saturated rings. The number of anilines is 1. The molecule has 80 valence electrons. The number of aromatic nitrogens is 1. The second-order valence-electron chi connectivity index (χ2n) is 4.06. The maximum absolute atomic E-state index is 11.8. The average Bonchev–Trinajstić information content (AvgIpc) is 2.33. The number of hydrogen-bond acceptors (Lipinski definition) is 3. The molecule has 1 aliphatic heterocycles. The van der Waals surface area contributed by atoms with Gasteiger partial charge in [0.1, 0.15) is 5.82 Å². The van der Waals surface area contributed by atoms with Crippen molar-refractivity contribution in [3.63, 3.8) is 0 Å². The Kier molecular flexibility index (Phi) is 2.44. The number of carbonyl (C=O) groups excluding carboxylic acids is 1. The first-order valence-corrected chi connectivity index (χ1v) is 5.09. The van der Waals surface area contributed by atoms with Gasteiger partial charge in [0.25, 0.3) is 0 Å². The summed E-state index contributed by atoms with van der Waals surface area (Å²) in [5.41, 5.74) is 6.92. The van der Waals surface area contributed by atoms with Crippen LogP contribution in [0.5, 0.6) is 0 Å². The highest BCUT2D eigenvalue weighted by atomic mass is 16.2. The Morgan fingerprint density at radius 1 is 1.60 bits per heavy atom. The van der Waals surface area contributed by atoms with Crippen LogP contribution in [-0.4, -0.2) is 24.0 Å². The van der Waals surface area contributed by atoms with Crippen molar-refractivity contribution in [1.82, 2.24) is 4.98 Å². The zero-order chi connectivity index (χ0) is 11.0. The van der Waals surface area contributed by atoms with Gasteiger partial charge in [-0.15, -0.1) is 0 Å². The normalized spacial score (nSPS) is 26.1. The van der Waals surface area contributed by atoms with Crippen LogP contribution in [0.15, 0.2) is 18.3 Å². The third-order valence-electron chi connectivity index (χ3n) is 2.92. The first-order chi connectivity index (χ1) is 7.11. The third-order valence-corrected chi connectivity index (χ3v) is 2.92. The highest BCUT2D eigenvalue weighted by molar-refractivity contribution is 5.97. The highest BCUT2D eigenvalue weighted by Crippen LogP contribution is 2.31. The second kappa shape index (κ2) is 3.62. The number of nitrogens with two attached hydrogens (primary N) is 1. The molecular formula is C11H15N3O. The van der Waals surface area contributed by atoms with Crippen LogP contribution in [0.1, 0.15) is 24.8 Å². The minimum Gasteiger partial charge on any atom is -0.320 e. The van der Waals surface area contributed by atoms with E-state index in [2.05, 4.69) is 11.9 Å². The number of hydrogen-bond donors (Lipinski definition) is 1. The van der Waals surface area contributed by atoms with Gasteiger partial charge in [0.05, 0.1) is 6.04 Å². The van der Waals surface area contributed by atoms with E-state index in [0.717, 1.165) is 11.4 Å². The fourth-order valence-corrected chi connectivity index (χ4v) is 2.04. The Morgan fingerprint density at radius 2 is 2.33 bits per heavy atom. The van der Waals surface area contributed by atoms with E-state index in [4.69, 9.17) is 5.73 Å². The Morgan fingerprint density at radius 3 is 3.07 bits per heavy atom. The number of carbonyl (C=O) groups is 1. The summed E-state index contributed by atoms with van der Waals surface area (Å²) in [7, 11) is 1.73. The molecule has 1 aliphatic rings. The smallest absolute Gasteiger partial charge is 0.244 e.